The van der Waals surface area contributed by atoms with E-state index in [9.17, 15) is 14.7 Å². The van der Waals surface area contributed by atoms with Gasteiger partial charge in [0.1, 0.15) is 17.6 Å². The number of aryl methyl sites for hydroxylation is 1. The van der Waals surface area contributed by atoms with Crippen LogP contribution in [0.3, 0.4) is 0 Å². The predicted molar refractivity (Wildman–Crippen MR) is 106 cm³/mol. The molecule has 0 bridgehead atoms. The molecule has 4 rings (SSSR count). The van der Waals surface area contributed by atoms with Crippen molar-refractivity contribution >= 4 is 23.0 Å². The molecule has 0 aromatic carbocycles. The van der Waals surface area contributed by atoms with Crippen LogP contribution in [0, 0.1) is 6.92 Å². The van der Waals surface area contributed by atoms with Crippen LogP contribution >= 0.6 is 11.3 Å². The fourth-order valence-electron chi connectivity index (χ4n) is 3.99. The maximum absolute atomic E-state index is 13.1. The van der Waals surface area contributed by atoms with E-state index >= 15 is 0 Å². The first-order chi connectivity index (χ1) is 13.6. The van der Waals surface area contributed by atoms with Crippen LogP contribution in [0.15, 0.2) is 45.4 Å². The molecule has 0 saturated carbocycles. The number of piperidine rings is 1. The highest BCUT2D eigenvalue weighted by molar-refractivity contribution is 7.12. The lowest BCUT2D eigenvalue weighted by Gasteiger charge is -2.30. The standard InChI is InChI=1S/C21H24N2O4S/c1-14-7-8-15(27-14)18-17(19(24)16-6-5-13-28-16)20(25)21(26)23(18)12-11-22-9-3-2-4-10-22/h5-8,13,18,25H,2-4,9-12H2,1H3. The van der Waals surface area contributed by atoms with Crippen LogP contribution in [0.1, 0.15) is 46.5 Å². The molecule has 0 spiro atoms. The highest BCUT2D eigenvalue weighted by atomic mass is 32.1. The minimum absolute atomic E-state index is 0.112. The fraction of sp³-hybridized carbons (Fsp3) is 0.429. The van der Waals surface area contributed by atoms with Gasteiger partial charge in [-0.05, 0) is 56.4 Å². The van der Waals surface area contributed by atoms with Gasteiger partial charge in [0.05, 0.1) is 10.5 Å². The quantitative estimate of drug-likeness (QED) is 0.748. The molecule has 4 heterocycles. The van der Waals surface area contributed by atoms with Crippen molar-refractivity contribution in [2.24, 2.45) is 0 Å². The Morgan fingerprint density at radius 3 is 2.64 bits per heavy atom. The summed E-state index contributed by atoms with van der Waals surface area (Å²) in [4.78, 5) is 30.3. The number of rotatable bonds is 6. The maximum Gasteiger partial charge on any atom is 0.290 e. The third-order valence-electron chi connectivity index (χ3n) is 5.43. The minimum Gasteiger partial charge on any atom is -0.503 e. The second-order valence-corrected chi connectivity index (χ2v) is 8.27. The predicted octanol–water partition coefficient (Wildman–Crippen LogP) is 3.71. The molecule has 6 nitrogen and oxygen atoms in total. The van der Waals surface area contributed by atoms with E-state index in [1.807, 2.05) is 18.4 Å². The number of aliphatic hydroxyl groups is 1. The number of aliphatic hydroxyl groups excluding tert-OH is 1. The van der Waals surface area contributed by atoms with Crippen molar-refractivity contribution in [1.82, 2.24) is 9.80 Å². The van der Waals surface area contributed by atoms with Gasteiger partial charge in [0.25, 0.3) is 5.91 Å². The lowest BCUT2D eigenvalue weighted by Crippen LogP contribution is -2.40. The third kappa shape index (κ3) is 3.52. The van der Waals surface area contributed by atoms with Gasteiger partial charge in [0, 0.05) is 13.1 Å². The summed E-state index contributed by atoms with van der Waals surface area (Å²) >= 11 is 1.30. The number of thiophene rings is 1. The molecule has 2 aliphatic rings. The summed E-state index contributed by atoms with van der Waals surface area (Å²) in [6, 6.07) is 6.39. The van der Waals surface area contributed by atoms with Crippen molar-refractivity contribution in [2.75, 3.05) is 26.2 Å². The van der Waals surface area contributed by atoms with Gasteiger partial charge in [0.15, 0.2) is 5.76 Å². The molecule has 1 unspecified atom stereocenters. The van der Waals surface area contributed by atoms with E-state index in [4.69, 9.17) is 4.42 Å². The van der Waals surface area contributed by atoms with Gasteiger partial charge in [-0.3, -0.25) is 9.59 Å². The van der Waals surface area contributed by atoms with Crippen molar-refractivity contribution in [1.29, 1.82) is 0 Å². The van der Waals surface area contributed by atoms with Crippen molar-refractivity contribution in [3.63, 3.8) is 0 Å². The number of carbonyl (C=O) groups excluding carboxylic acids is 2. The molecule has 1 N–H and O–H groups in total. The van der Waals surface area contributed by atoms with Gasteiger partial charge in [-0.2, -0.15) is 0 Å². The van der Waals surface area contributed by atoms with Crippen molar-refractivity contribution in [3.8, 4) is 0 Å². The largest absolute Gasteiger partial charge is 0.503 e. The van der Waals surface area contributed by atoms with E-state index in [0.29, 0.717) is 22.9 Å². The molecule has 2 aromatic rings. The van der Waals surface area contributed by atoms with Crippen LogP contribution in [-0.4, -0.2) is 52.8 Å². The van der Waals surface area contributed by atoms with Crippen molar-refractivity contribution in [3.05, 3.63) is 57.4 Å². The Labute approximate surface area is 168 Å². The summed E-state index contributed by atoms with van der Waals surface area (Å²) in [7, 11) is 0. The molecule has 1 atom stereocenters. The number of hydrogen-bond acceptors (Lipinski definition) is 6. The number of hydrogen-bond donors (Lipinski definition) is 1. The highest BCUT2D eigenvalue weighted by Crippen LogP contribution is 2.40. The zero-order valence-electron chi connectivity index (χ0n) is 15.9. The first-order valence-electron chi connectivity index (χ1n) is 9.67. The Balaban J connectivity index is 1.64. The Hall–Kier alpha value is -2.38. The molecule has 28 heavy (non-hydrogen) atoms. The van der Waals surface area contributed by atoms with E-state index in [1.165, 1.54) is 30.6 Å². The average molecular weight is 401 g/mol. The lowest BCUT2D eigenvalue weighted by molar-refractivity contribution is -0.129. The second kappa shape index (κ2) is 7.93. The molecular weight excluding hydrogens is 376 g/mol. The molecule has 7 heteroatoms. The maximum atomic E-state index is 13.1. The number of Topliss-reactive ketones (excluding diaryl/α,β-unsaturated/α-hetero) is 1. The minimum atomic E-state index is -0.694. The first kappa shape index (κ1) is 19.0. The van der Waals surface area contributed by atoms with Crippen LogP contribution in [0.25, 0.3) is 0 Å². The van der Waals surface area contributed by atoms with E-state index in [-0.39, 0.29) is 11.4 Å². The number of carbonyl (C=O) groups is 2. The third-order valence-corrected chi connectivity index (χ3v) is 6.30. The summed E-state index contributed by atoms with van der Waals surface area (Å²) in [6.07, 6.45) is 3.58. The molecule has 1 fully saturated rings. The van der Waals surface area contributed by atoms with Crippen molar-refractivity contribution < 1.29 is 19.1 Å². The Morgan fingerprint density at radius 2 is 2.00 bits per heavy atom. The van der Waals surface area contributed by atoms with E-state index < -0.39 is 17.7 Å². The second-order valence-electron chi connectivity index (χ2n) is 7.32. The Bertz CT molecular complexity index is 893. The van der Waals surface area contributed by atoms with E-state index in [0.717, 1.165) is 19.6 Å². The topological polar surface area (TPSA) is 74.0 Å². The smallest absolute Gasteiger partial charge is 0.290 e. The summed E-state index contributed by atoms with van der Waals surface area (Å²) in [5, 5.41) is 12.4. The Kier molecular flexibility index (Phi) is 5.37. The molecular formula is C21H24N2O4S. The summed E-state index contributed by atoms with van der Waals surface area (Å²) < 4.78 is 5.78. The van der Waals surface area contributed by atoms with Gasteiger partial charge in [-0.25, -0.2) is 0 Å². The van der Waals surface area contributed by atoms with Crippen LogP contribution in [0.4, 0.5) is 0 Å². The summed E-state index contributed by atoms with van der Waals surface area (Å²) in [6.45, 7) is 5.02. The van der Waals surface area contributed by atoms with Gasteiger partial charge in [0.2, 0.25) is 5.78 Å². The van der Waals surface area contributed by atoms with Gasteiger partial charge in [-0.15, -0.1) is 11.3 Å². The lowest BCUT2D eigenvalue weighted by atomic mass is 10.00. The number of nitrogens with zero attached hydrogens (tertiary/aromatic N) is 2. The zero-order valence-corrected chi connectivity index (χ0v) is 16.7. The highest BCUT2D eigenvalue weighted by Gasteiger charge is 2.45. The molecule has 2 aliphatic heterocycles. The first-order valence-corrected chi connectivity index (χ1v) is 10.5. The molecule has 0 radical (unpaired) electrons. The monoisotopic (exact) mass is 400 g/mol. The molecule has 148 valence electrons. The van der Waals surface area contributed by atoms with Crippen LogP contribution in [0.5, 0.6) is 0 Å². The number of furan rings is 1. The van der Waals surface area contributed by atoms with E-state index in [1.54, 1.807) is 23.1 Å². The normalized spacial score (nSPS) is 21.0. The number of amides is 1. The summed E-state index contributed by atoms with van der Waals surface area (Å²) in [5.41, 5.74) is 0.112. The van der Waals surface area contributed by atoms with E-state index in [2.05, 4.69) is 4.90 Å². The van der Waals surface area contributed by atoms with Gasteiger partial charge in [-0.1, -0.05) is 12.5 Å². The molecule has 2 aromatic heterocycles. The van der Waals surface area contributed by atoms with Gasteiger partial charge < -0.3 is 19.3 Å². The Morgan fingerprint density at radius 1 is 1.21 bits per heavy atom. The van der Waals surface area contributed by atoms with Crippen LogP contribution in [-0.2, 0) is 4.79 Å². The molecule has 1 saturated heterocycles. The molecule has 1 amide bonds. The van der Waals surface area contributed by atoms with Crippen molar-refractivity contribution in [2.45, 2.75) is 32.2 Å². The number of ketones is 1. The molecule has 0 aliphatic carbocycles. The SMILES string of the molecule is Cc1ccc(C2C(C(=O)c3cccs3)=C(O)C(=O)N2CCN2CCCCC2)o1. The van der Waals surface area contributed by atoms with Crippen LogP contribution in [0.2, 0.25) is 0 Å². The zero-order chi connectivity index (χ0) is 19.7. The summed E-state index contributed by atoms with van der Waals surface area (Å²) in [5.74, 6) is -0.0753. The average Bonchev–Trinajstić information content (AvgIpc) is 3.43. The van der Waals surface area contributed by atoms with Crippen LogP contribution < -0.4 is 0 Å². The number of likely N-dealkylation sites (tertiary alicyclic amines) is 1. The van der Waals surface area contributed by atoms with Gasteiger partial charge >= 0.3 is 0 Å². The fourth-order valence-corrected chi connectivity index (χ4v) is 4.66.